The molecule has 0 spiro atoms. The molecule has 0 bridgehead atoms. The van der Waals surface area contributed by atoms with E-state index in [9.17, 15) is 18.0 Å². The summed E-state index contributed by atoms with van der Waals surface area (Å²) in [6.07, 6.45) is 5.55. The third-order valence-electron chi connectivity index (χ3n) is 5.40. The molecule has 0 aromatic carbocycles. The highest BCUT2D eigenvalue weighted by Crippen LogP contribution is 2.35. The third kappa shape index (κ3) is 4.26. The Bertz CT molecular complexity index is 1010. The molecule has 3 heterocycles. The molecule has 4 rings (SSSR count). The molecule has 3 aromatic heterocycles. The minimum Gasteiger partial charge on any atom is -0.322 e. The molecule has 1 fully saturated rings. The van der Waals surface area contributed by atoms with E-state index in [0.717, 1.165) is 32.1 Å². The number of halogens is 3. The van der Waals surface area contributed by atoms with Crippen LogP contribution >= 0.6 is 0 Å². The van der Waals surface area contributed by atoms with Crippen LogP contribution in [0.3, 0.4) is 0 Å². The quantitative estimate of drug-likeness (QED) is 0.659. The zero-order valence-electron chi connectivity index (χ0n) is 15.7. The van der Waals surface area contributed by atoms with Crippen LogP contribution in [0.4, 0.5) is 18.9 Å². The molecule has 0 unspecified atom stereocenters. The Morgan fingerprint density at radius 1 is 1.14 bits per heavy atom. The minimum atomic E-state index is -4.53. The summed E-state index contributed by atoms with van der Waals surface area (Å²) >= 11 is 0. The van der Waals surface area contributed by atoms with E-state index in [1.165, 1.54) is 22.7 Å². The monoisotopic (exact) mass is 402 g/mol. The summed E-state index contributed by atoms with van der Waals surface area (Å²) < 4.78 is 42.4. The number of imidazole rings is 1. The topological polar surface area (TPSA) is 59.3 Å². The van der Waals surface area contributed by atoms with Crippen LogP contribution in [0.25, 0.3) is 5.65 Å². The van der Waals surface area contributed by atoms with Crippen molar-refractivity contribution >= 4 is 17.2 Å². The van der Waals surface area contributed by atoms with Crippen LogP contribution < -0.4 is 5.32 Å². The average molecular weight is 402 g/mol. The van der Waals surface area contributed by atoms with E-state index in [0.29, 0.717) is 12.1 Å². The van der Waals surface area contributed by atoms with Crippen molar-refractivity contribution < 1.29 is 18.0 Å². The number of alkyl halides is 3. The predicted octanol–water partition coefficient (Wildman–Crippen LogP) is 5.12. The van der Waals surface area contributed by atoms with Crippen molar-refractivity contribution in [2.24, 2.45) is 5.92 Å². The van der Waals surface area contributed by atoms with E-state index in [1.54, 1.807) is 24.5 Å². The van der Waals surface area contributed by atoms with Gasteiger partial charge in [-0.15, -0.1) is 0 Å². The standard InChI is InChI=1S/C21H21F3N4O/c22-21(23,24)19-17(12-14-4-2-1-3-5-14)28-11-8-15(13-18(28)27-19)20(29)26-16-6-9-25-10-7-16/h6-11,13-14H,1-5,12H2,(H,25,26,29). The number of hydrogen-bond donors (Lipinski definition) is 1. The molecule has 0 atom stereocenters. The van der Waals surface area contributed by atoms with Gasteiger partial charge in [-0.2, -0.15) is 13.2 Å². The van der Waals surface area contributed by atoms with E-state index in [-0.39, 0.29) is 22.8 Å². The molecule has 152 valence electrons. The van der Waals surface area contributed by atoms with Gasteiger partial charge in [-0.3, -0.25) is 9.78 Å². The molecule has 0 saturated heterocycles. The lowest BCUT2D eigenvalue weighted by Crippen LogP contribution is -2.16. The van der Waals surface area contributed by atoms with Gasteiger partial charge in [-0.1, -0.05) is 32.1 Å². The fourth-order valence-electron chi connectivity index (χ4n) is 3.96. The number of carbonyl (C=O) groups excluding carboxylic acids is 1. The van der Waals surface area contributed by atoms with E-state index in [2.05, 4.69) is 15.3 Å². The van der Waals surface area contributed by atoms with Crippen molar-refractivity contribution in [1.29, 1.82) is 0 Å². The van der Waals surface area contributed by atoms with Gasteiger partial charge in [-0.25, -0.2) is 4.98 Å². The summed E-state index contributed by atoms with van der Waals surface area (Å²) in [6.45, 7) is 0. The second kappa shape index (κ2) is 7.85. The number of carbonyl (C=O) groups is 1. The lowest BCUT2D eigenvalue weighted by Gasteiger charge is -2.22. The number of pyridine rings is 2. The lowest BCUT2D eigenvalue weighted by atomic mass is 9.86. The summed E-state index contributed by atoms with van der Waals surface area (Å²) in [5.74, 6) is -0.177. The van der Waals surface area contributed by atoms with Crippen LogP contribution in [-0.4, -0.2) is 20.3 Å². The van der Waals surface area contributed by atoms with Gasteiger partial charge in [0.1, 0.15) is 5.65 Å². The second-order valence-electron chi connectivity index (χ2n) is 7.45. The molecular formula is C21H21F3N4O. The van der Waals surface area contributed by atoms with Gasteiger partial charge < -0.3 is 9.72 Å². The van der Waals surface area contributed by atoms with E-state index < -0.39 is 17.8 Å². The van der Waals surface area contributed by atoms with Crippen molar-refractivity contribution in [3.05, 3.63) is 59.8 Å². The zero-order chi connectivity index (χ0) is 20.4. The predicted molar refractivity (Wildman–Crippen MR) is 103 cm³/mol. The molecule has 3 aromatic rings. The third-order valence-corrected chi connectivity index (χ3v) is 5.40. The van der Waals surface area contributed by atoms with Gasteiger partial charge in [0.2, 0.25) is 0 Å². The van der Waals surface area contributed by atoms with Crippen LogP contribution in [0.15, 0.2) is 42.9 Å². The number of anilines is 1. The van der Waals surface area contributed by atoms with E-state index in [1.807, 2.05) is 0 Å². The van der Waals surface area contributed by atoms with Gasteiger partial charge >= 0.3 is 6.18 Å². The first-order valence-electron chi connectivity index (χ1n) is 9.71. The normalized spacial score (nSPS) is 15.6. The zero-order valence-corrected chi connectivity index (χ0v) is 15.7. The van der Waals surface area contributed by atoms with Crippen LogP contribution in [0, 0.1) is 5.92 Å². The second-order valence-corrected chi connectivity index (χ2v) is 7.45. The van der Waals surface area contributed by atoms with Gasteiger partial charge in [0.05, 0.1) is 5.69 Å². The first-order valence-corrected chi connectivity index (χ1v) is 9.71. The molecule has 5 nitrogen and oxygen atoms in total. The smallest absolute Gasteiger partial charge is 0.322 e. The molecule has 29 heavy (non-hydrogen) atoms. The summed E-state index contributed by atoms with van der Waals surface area (Å²) in [5, 5.41) is 2.70. The van der Waals surface area contributed by atoms with E-state index in [4.69, 9.17) is 0 Å². The SMILES string of the molecule is O=C(Nc1ccncc1)c1ccn2c(CC3CCCCC3)c(C(F)(F)F)nc2c1. The average Bonchev–Trinajstić information content (AvgIpc) is 3.08. The van der Waals surface area contributed by atoms with Gasteiger partial charge in [0.25, 0.3) is 5.91 Å². The number of nitrogens with zero attached hydrogens (tertiary/aromatic N) is 3. The van der Waals surface area contributed by atoms with Crippen LogP contribution in [0.5, 0.6) is 0 Å². The Labute approximate surface area is 166 Å². The fourth-order valence-corrected chi connectivity index (χ4v) is 3.96. The summed E-state index contributed by atoms with van der Waals surface area (Å²) in [6, 6.07) is 6.19. The Hall–Kier alpha value is -2.90. The minimum absolute atomic E-state index is 0.130. The Morgan fingerprint density at radius 2 is 1.86 bits per heavy atom. The first-order chi connectivity index (χ1) is 13.9. The molecule has 0 aliphatic heterocycles. The molecule has 1 amide bonds. The Kier molecular flexibility index (Phi) is 5.25. The number of aromatic nitrogens is 3. The van der Waals surface area contributed by atoms with Crippen LogP contribution in [0.2, 0.25) is 0 Å². The first kappa shape index (κ1) is 19.4. The molecule has 1 saturated carbocycles. The Morgan fingerprint density at radius 3 is 2.55 bits per heavy atom. The largest absolute Gasteiger partial charge is 0.435 e. The van der Waals surface area contributed by atoms with Crippen molar-refractivity contribution in [2.45, 2.75) is 44.7 Å². The Balaban J connectivity index is 1.66. The molecule has 8 heteroatoms. The summed E-state index contributed by atoms with van der Waals surface area (Å²) in [5.41, 5.74) is 0.264. The fraction of sp³-hybridized carbons (Fsp3) is 0.381. The van der Waals surface area contributed by atoms with Gasteiger partial charge in [0.15, 0.2) is 5.69 Å². The maximum Gasteiger partial charge on any atom is 0.435 e. The number of fused-ring (bicyclic) bond motifs is 1. The van der Waals surface area contributed by atoms with Crippen LogP contribution in [-0.2, 0) is 12.6 Å². The van der Waals surface area contributed by atoms with Gasteiger partial charge in [0, 0.05) is 29.8 Å². The number of amides is 1. The molecule has 0 radical (unpaired) electrons. The van der Waals surface area contributed by atoms with Crippen molar-refractivity contribution in [3.63, 3.8) is 0 Å². The number of nitrogens with one attached hydrogen (secondary N) is 1. The molecule has 1 aliphatic carbocycles. The van der Waals surface area contributed by atoms with Crippen molar-refractivity contribution in [2.75, 3.05) is 5.32 Å². The molecular weight excluding hydrogens is 381 g/mol. The number of rotatable bonds is 4. The van der Waals surface area contributed by atoms with Gasteiger partial charge in [-0.05, 0) is 36.6 Å². The highest BCUT2D eigenvalue weighted by Gasteiger charge is 2.38. The molecule has 1 N–H and O–H groups in total. The highest BCUT2D eigenvalue weighted by atomic mass is 19.4. The summed E-state index contributed by atoms with van der Waals surface area (Å²) in [4.78, 5) is 20.2. The maximum atomic E-state index is 13.6. The van der Waals surface area contributed by atoms with Crippen LogP contribution in [0.1, 0.15) is 53.8 Å². The van der Waals surface area contributed by atoms with E-state index >= 15 is 0 Å². The van der Waals surface area contributed by atoms with Crippen molar-refractivity contribution in [1.82, 2.24) is 14.4 Å². The highest BCUT2D eigenvalue weighted by molar-refractivity contribution is 6.04. The number of hydrogen-bond acceptors (Lipinski definition) is 3. The summed E-state index contributed by atoms with van der Waals surface area (Å²) in [7, 11) is 0. The van der Waals surface area contributed by atoms with Crippen molar-refractivity contribution in [3.8, 4) is 0 Å². The molecule has 1 aliphatic rings. The lowest BCUT2D eigenvalue weighted by molar-refractivity contribution is -0.141. The maximum absolute atomic E-state index is 13.6.